The minimum absolute atomic E-state index is 0.222. The molecule has 0 fully saturated rings. The molecule has 0 aromatic heterocycles. The van der Waals surface area contributed by atoms with Crippen LogP contribution in [0.2, 0.25) is 0 Å². The Bertz CT molecular complexity index is 832. The Labute approximate surface area is 159 Å². The van der Waals surface area contributed by atoms with Gasteiger partial charge in [-0.2, -0.15) is 0 Å². The molecule has 0 radical (unpaired) electrons. The van der Waals surface area contributed by atoms with Crippen LogP contribution in [0, 0.1) is 13.8 Å². The van der Waals surface area contributed by atoms with E-state index in [2.05, 4.69) is 5.32 Å². The molecule has 0 saturated heterocycles. The predicted molar refractivity (Wildman–Crippen MR) is 108 cm³/mol. The highest BCUT2D eigenvalue weighted by atomic mass is 32.2. The Morgan fingerprint density at radius 1 is 1.04 bits per heavy atom. The Morgan fingerprint density at radius 3 is 2.23 bits per heavy atom. The van der Waals surface area contributed by atoms with Gasteiger partial charge < -0.3 is 5.32 Å². The predicted octanol–water partition coefficient (Wildman–Crippen LogP) is 2.98. The van der Waals surface area contributed by atoms with Crippen LogP contribution in [0.1, 0.15) is 11.1 Å². The number of benzene rings is 2. The standard InChI is InChI=1S/C19H24N2O3S2/c1-15-8-7-9-16(2)19(15)21(26(3,23)24)14-18(22)20-12-13-25-17-10-5-4-6-11-17/h4-11H,12-14H2,1-3H3,(H,20,22). The van der Waals surface area contributed by atoms with Crippen LogP contribution in [0.5, 0.6) is 0 Å². The lowest BCUT2D eigenvalue weighted by atomic mass is 10.1. The smallest absolute Gasteiger partial charge is 0.240 e. The fraction of sp³-hybridized carbons (Fsp3) is 0.316. The van der Waals surface area contributed by atoms with Crippen LogP contribution in [0.3, 0.4) is 0 Å². The summed E-state index contributed by atoms with van der Waals surface area (Å²) in [4.78, 5) is 13.4. The van der Waals surface area contributed by atoms with E-state index in [0.717, 1.165) is 28.0 Å². The van der Waals surface area contributed by atoms with E-state index in [1.807, 2.05) is 62.4 Å². The molecule has 0 unspecified atom stereocenters. The first-order chi connectivity index (χ1) is 12.3. The number of hydrogen-bond acceptors (Lipinski definition) is 4. The van der Waals surface area contributed by atoms with Crippen molar-refractivity contribution in [2.45, 2.75) is 18.7 Å². The van der Waals surface area contributed by atoms with Crippen molar-refractivity contribution in [3.05, 3.63) is 59.7 Å². The summed E-state index contributed by atoms with van der Waals surface area (Å²) in [6.45, 7) is 3.94. The zero-order valence-corrected chi connectivity index (χ0v) is 16.9. The lowest BCUT2D eigenvalue weighted by Gasteiger charge is -2.25. The lowest BCUT2D eigenvalue weighted by Crippen LogP contribution is -2.41. The summed E-state index contributed by atoms with van der Waals surface area (Å²) in [5.41, 5.74) is 2.22. The number of nitrogens with one attached hydrogen (secondary N) is 1. The zero-order chi connectivity index (χ0) is 19.2. The monoisotopic (exact) mass is 392 g/mol. The summed E-state index contributed by atoms with van der Waals surface area (Å²) in [5.74, 6) is 0.407. The average Bonchev–Trinajstić information content (AvgIpc) is 2.58. The molecule has 2 rings (SSSR count). The van der Waals surface area contributed by atoms with E-state index in [4.69, 9.17) is 0 Å². The number of anilines is 1. The van der Waals surface area contributed by atoms with Crippen molar-refractivity contribution in [2.75, 3.05) is 29.4 Å². The van der Waals surface area contributed by atoms with E-state index < -0.39 is 10.0 Å². The summed E-state index contributed by atoms with van der Waals surface area (Å²) in [6.07, 6.45) is 1.12. The molecule has 2 aromatic carbocycles. The molecule has 0 aliphatic carbocycles. The highest BCUT2D eigenvalue weighted by molar-refractivity contribution is 7.99. The maximum atomic E-state index is 12.3. The summed E-state index contributed by atoms with van der Waals surface area (Å²) < 4.78 is 25.6. The van der Waals surface area contributed by atoms with Crippen molar-refractivity contribution >= 4 is 33.4 Å². The first kappa shape index (κ1) is 20.3. The van der Waals surface area contributed by atoms with E-state index in [-0.39, 0.29) is 12.5 Å². The van der Waals surface area contributed by atoms with Gasteiger partial charge >= 0.3 is 0 Å². The largest absolute Gasteiger partial charge is 0.354 e. The molecule has 0 aliphatic heterocycles. The molecular formula is C19H24N2O3S2. The van der Waals surface area contributed by atoms with E-state index in [1.165, 1.54) is 4.31 Å². The Morgan fingerprint density at radius 2 is 1.65 bits per heavy atom. The number of carbonyl (C=O) groups excluding carboxylic acids is 1. The van der Waals surface area contributed by atoms with Crippen LogP contribution in [0.4, 0.5) is 5.69 Å². The highest BCUT2D eigenvalue weighted by Crippen LogP contribution is 2.26. The van der Waals surface area contributed by atoms with Crippen molar-refractivity contribution < 1.29 is 13.2 Å². The number of thioether (sulfide) groups is 1. The van der Waals surface area contributed by atoms with Crippen LogP contribution < -0.4 is 9.62 Å². The molecule has 1 amide bonds. The van der Waals surface area contributed by atoms with Gasteiger partial charge in [-0.15, -0.1) is 11.8 Å². The first-order valence-electron chi connectivity index (χ1n) is 8.27. The van der Waals surface area contributed by atoms with Gasteiger partial charge in [-0.25, -0.2) is 8.42 Å². The number of sulfonamides is 1. The molecule has 26 heavy (non-hydrogen) atoms. The number of hydrogen-bond donors (Lipinski definition) is 1. The number of para-hydroxylation sites is 1. The number of aryl methyl sites for hydroxylation is 2. The summed E-state index contributed by atoms with van der Waals surface area (Å²) in [6, 6.07) is 15.5. The lowest BCUT2D eigenvalue weighted by molar-refractivity contribution is -0.119. The van der Waals surface area contributed by atoms with Crippen LogP contribution in [0.25, 0.3) is 0 Å². The number of amides is 1. The number of rotatable bonds is 8. The fourth-order valence-electron chi connectivity index (χ4n) is 2.62. The normalized spacial score (nSPS) is 11.2. The Kier molecular flexibility index (Phi) is 7.11. The molecule has 0 saturated carbocycles. The second kappa shape index (κ2) is 9.09. The minimum Gasteiger partial charge on any atom is -0.354 e. The Hall–Kier alpha value is -1.99. The zero-order valence-electron chi connectivity index (χ0n) is 15.2. The second-order valence-corrected chi connectivity index (χ2v) is 9.10. The van der Waals surface area contributed by atoms with E-state index in [1.54, 1.807) is 11.8 Å². The van der Waals surface area contributed by atoms with Crippen LogP contribution in [0.15, 0.2) is 53.4 Å². The number of nitrogens with zero attached hydrogens (tertiary/aromatic N) is 1. The molecule has 5 nitrogen and oxygen atoms in total. The SMILES string of the molecule is Cc1cccc(C)c1N(CC(=O)NCCSc1ccccc1)S(C)(=O)=O. The average molecular weight is 393 g/mol. The van der Waals surface area contributed by atoms with Gasteiger partial charge in [0.2, 0.25) is 15.9 Å². The van der Waals surface area contributed by atoms with Crippen molar-refractivity contribution in [2.24, 2.45) is 0 Å². The molecule has 0 atom stereocenters. The van der Waals surface area contributed by atoms with Gasteiger partial charge in [0.1, 0.15) is 6.54 Å². The van der Waals surface area contributed by atoms with Crippen LogP contribution in [-0.4, -0.2) is 39.4 Å². The maximum absolute atomic E-state index is 12.3. The topological polar surface area (TPSA) is 66.5 Å². The van der Waals surface area contributed by atoms with Crippen molar-refractivity contribution in [1.82, 2.24) is 5.32 Å². The van der Waals surface area contributed by atoms with Crippen molar-refractivity contribution in [1.29, 1.82) is 0 Å². The van der Waals surface area contributed by atoms with Gasteiger partial charge in [0.05, 0.1) is 11.9 Å². The molecule has 0 spiro atoms. The third kappa shape index (κ3) is 5.78. The van der Waals surface area contributed by atoms with Gasteiger partial charge in [0.25, 0.3) is 0 Å². The fourth-order valence-corrected chi connectivity index (χ4v) is 4.38. The molecule has 0 heterocycles. The highest BCUT2D eigenvalue weighted by Gasteiger charge is 2.23. The quantitative estimate of drug-likeness (QED) is 0.554. The molecule has 7 heteroatoms. The maximum Gasteiger partial charge on any atom is 0.240 e. The molecule has 2 aromatic rings. The van der Waals surface area contributed by atoms with Crippen LogP contribution >= 0.6 is 11.8 Å². The van der Waals surface area contributed by atoms with E-state index in [9.17, 15) is 13.2 Å². The Balaban J connectivity index is 1.97. The van der Waals surface area contributed by atoms with Crippen molar-refractivity contribution in [3.8, 4) is 0 Å². The van der Waals surface area contributed by atoms with Gasteiger partial charge in [0, 0.05) is 17.2 Å². The summed E-state index contributed by atoms with van der Waals surface area (Å²) in [7, 11) is -3.56. The van der Waals surface area contributed by atoms with Crippen molar-refractivity contribution in [3.63, 3.8) is 0 Å². The third-order valence-electron chi connectivity index (χ3n) is 3.81. The first-order valence-corrected chi connectivity index (χ1v) is 11.1. The molecular weight excluding hydrogens is 368 g/mol. The number of carbonyl (C=O) groups is 1. The van der Waals surface area contributed by atoms with Crippen LogP contribution in [-0.2, 0) is 14.8 Å². The van der Waals surface area contributed by atoms with Gasteiger partial charge in [-0.3, -0.25) is 9.10 Å². The van der Waals surface area contributed by atoms with E-state index >= 15 is 0 Å². The van der Waals surface area contributed by atoms with Gasteiger partial charge in [-0.05, 0) is 37.1 Å². The van der Waals surface area contributed by atoms with E-state index in [0.29, 0.717) is 12.2 Å². The second-order valence-electron chi connectivity index (χ2n) is 6.02. The molecule has 1 N–H and O–H groups in total. The molecule has 0 aliphatic rings. The minimum atomic E-state index is -3.56. The third-order valence-corrected chi connectivity index (χ3v) is 5.94. The van der Waals surface area contributed by atoms with Gasteiger partial charge in [0.15, 0.2) is 0 Å². The molecule has 140 valence electrons. The summed E-state index contributed by atoms with van der Waals surface area (Å²) in [5, 5.41) is 2.80. The summed E-state index contributed by atoms with van der Waals surface area (Å²) >= 11 is 1.64. The van der Waals surface area contributed by atoms with Gasteiger partial charge in [-0.1, -0.05) is 36.4 Å². The molecule has 0 bridgehead atoms.